The highest BCUT2D eigenvalue weighted by Gasteiger charge is 2.04. The molecule has 0 atom stereocenters. The number of rotatable bonds is 27. The van der Waals surface area contributed by atoms with E-state index in [1.165, 1.54) is 154 Å². The van der Waals surface area contributed by atoms with Crippen LogP contribution in [0.3, 0.4) is 0 Å². The van der Waals surface area contributed by atoms with Crippen LogP contribution in [0.4, 0.5) is 0 Å². The molecule has 0 aliphatic carbocycles. The summed E-state index contributed by atoms with van der Waals surface area (Å²) in [5, 5.41) is 0. The summed E-state index contributed by atoms with van der Waals surface area (Å²) < 4.78 is 0. The molecule has 0 spiro atoms. The van der Waals surface area contributed by atoms with Gasteiger partial charge in [-0.1, -0.05) is 115 Å². The van der Waals surface area contributed by atoms with E-state index in [-0.39, 0.29) is 0 Å². The van der Waals surface area contributed by atoms with Gasteiger partial charge in [-0.3, -0.25) is 0 Å². The largest absolute Gasteiger partial charge is 0.127 e. The monoisotopic (exact) mass is 558 g/mol. The fraction of sp³-hybridized carbons (Fsp3) is 0.818. The Morgan fingerprint density at radius 1 is 0.278 bits per heavy atom. The third kappa shape index (κ3) is 21.1. The fourth-order valence-electron chi connectivity index (χ4n) is 5.19. The summed E-state index contributed by atoms with van der Waals surface area (Å²) in [6.45, 7) is 0. The minimum absolute atomic E-state index is 0.821. The molecule has 1 rings (SSSR count). The van der Waals surface area contributed by atoms with Crippen LogP contribution in [0.5, 0.6) is 0 Å². The third-order valence-corrected chi connectivity index (χ3v) is 8.21. The second-order valence-electron chi connectivity index (χ2n) is 10.9. The fourth-order valence-corrected chi connectivity index (χ4v) is 5.76. The molecule has 0 saturated heterocycles. The normalized spacial score (nSPS) is 11.4. The number of unbranched alkanes of at least 4 members (excludes halogenated alkanes) is 18. The summed E-state index contributed by atoms with van der Waals surface area (Å²) >= 11 is 17.4. The van der Waals surface area contributed by atoms with Crippen molar-refractivity contribution < 1.29 is 0 Å². The van der Waals surface area contributed by atoms with Gasteiger partial charge in [0.2, 0.25) is 0 Å². The van der Waals surface area contributed by atoms with Crippen LogP contribution >= 0.6 is 34.8 Å². The average molecular weight is 560 g/mol. The molecule has 0 N–H and O–H groups in total. The highest BCUT2D eigenvalue weighted by molar-refractivity contribution is 6.18. The topological polar surface area (TPSA) is 0 Å². The Hall–Kier alpha value is 0.0900. The van der Waals surface area contributed by atoms with Crippen molar-refractivity contribution in [2.24, 2.45) is 0 Å². The Morgan fingerprint density at radius 2 is 0.472 bits per heavy atom. The van der Waals surface area contributed by atoms with E-state index in [0.29, 0.717) is 0 Å². The van der Waals surface area contributed by atoms with E-state index in [9.17, 15) is 0 Å². The molecule has 0 unspecified atom stereocenters. The molecule has 0 fully saturated rings. The van der Waals surface area contributed by atoms with Gasteiger partial charge in [-0.15, -0.1) is 34.8 Å². The van der Waals surface area contributed by atoms with Crippen LogP contribution in [0.15, 0.2) is 18.2 Å². The Morgan fingerprint density at radius 3 is 0.694 bits per heavy atom. The van der Waals surface area contributed by atoms with Crippen LogP contribution in [0.2, 0.25) is 0 Å². The first kappa shape index (κ1) is 34.1. The van der Waals surface area contributed by atoms with Gasteiger partial charge in [-0.2, -0.15) is 0 Å². The van der Waals surface area contributed by atoms with E-state index in [2.05, 4.69) is 18.2 Å². The van der Waals surface area contributed by atoms with Gasteiger partial charge in [0.05, 0.1) is 0 Å². The molecule has 0 aliphatic heterocycles. The molecule has 0 saturated carbocycles. The average Bonchev–Trinajstić information content (AvgIpc) is 2.89. The van der Waals surface area contributed by atoms with Gasteiger partial charge in [-0.05, 0) is 74.5 Å². The predicted octanol–water partition coefficient (Wildman–Crippen LogP) is 12.2. The number of aryl methyl sites for hydroxylation is 3. The van der Waals surface area contributed by atoms with Crippen LogP contribution in [0.25, 0.3) is 0 Å². The molecule has 36 heavy (non-hydrogen) atoms. The van der Waals surface area contributed by atoms with Gasteiger partial charge < -0.3 is 0 Å². The molecule has 0 bridgehead atoms. The van der Waals surface area contributed by atoms with Crippen molar-refractivity contribution in [3.8, 4) is 0 Å². The van der Waals surface area contributed by atoms with E-state index in [1.807, 2.05) is 0 Å². The van der Waals surface area contributed by atoms with Crippen LogP contribution in [-0.4, -0.2) is 17.6 Å². The van der Waals surface area contributed by atoms with Gasteiger partial charge in [0.25, 0.3) is 0 Å². The Kier molecular flexibility index (Phi) is 25.3. The predicted molar refractivity (Wildman–Crippen MR) is 167 cm³/mol. The molecule has 210 valence electrons. The third-order valence-electron chi connectivity index (χ3n) is 7.41. The molecule has 0 radical (unpaired) electrons. The van der Waals surface area contributed by atoms with Crippen molar-refractivity contribution in [1.82, 2.24) is 0 Å². The number of hydrogen-bond acceptors (Lipinski definition) is 0. The van der Waals surface area contributed by atoms with Gasteiger partial charge in [0.15, 0.2) is 0 Å². The zero-order valence-corrected chi connectivity index (χ0v) is 25.7. The maximum Gasteiger partial charge on any atom is 0.0223 e. The van der Waals surface area contributed by atoms with Crippen molar-refractivity contribution in [3.05, 3.63) is 34.9 Å². The van der Waals surface area contributed by atoms with Crippen molar-refractivity contribution in [3.63, 3.8) is 0 Å². The first-order chi connectivity index (χ1) is 17.8. The maximum atomic E-state index is 5.79. The second kappa shape index (κ2) is 26.7. The molecule has 0 amide bonds. The quantitative estimate of drug-likeness (QED) is 0.0742. The molecule has 0 nitrogen and oxygen atoms in total. The highest BCUT2D eigenvalue weighted by Crippen LogP contribution is 2.20. The van der Waals surface area contributed by atoms with Crippen molar-refractivity contribution in [1.29, 1.82) is 0 Å². The lowest BCUT2D eigenvalue weighted by atomic mass is 9.95. The van der Waals surface area contributed by atoms with Crippen LogP contribution in [0.1, 0.15) is 152 Å². The van der Waals surface area contributed by atoms with Gasteiger partial charge in [0.1, 0.15) is 0 Å². The molecular formula is C33H57Cl3. The van der Waals surface area contributed by atoms with E-state index >= 15 is 0 Å². The molecule has 0 aromatic heterocycles. The summed E-state index contributed by atoms with van der Waals surface area (Å²) in [5.74, 6) is 2.46. The molecule has 0 aliphatic rings. The lowest BCUT2D eigenvalue weighted by molar-refractivity contribution is 0.586. The van der Waals surface area contributed by atoms with E-state index in [4.69, 9.17) is 34.8 Å². The smallest absolute Gasteiger partial charge is 0.0223 e. The zero-order chi connectivity index (χ0) is 25.9. The minimum atomic E-state index is 0.821. The van der Waals surface area contributed by atoms with Gasteiger partial charge in [0, 0.05) is 17.6 Å². The molecule has 3 heteroatoms. The lowest BCUT2D eigenvalue weighted by Crippen LogP contribution is -1.96. The standard InChI is InChI=1S/C33H57Cl3/c34-25-19-13-7-1-4-10-16-22-31-28-32(23-17-11-5-2-8-14-20-26-35)30-33(29-31)24-18-12-6-3-9-15-21-27-36/h28-30H,1-27H2. The van der Waals surface area contributed by atoms with Crippen molar-refractivity contribution >= 4 is 34.8 Å². The molecule has 1 aromatic rings. The molecule has 1 aromatic carbocycles. The van der Waals surface area contributed by atoms with E-state index in [1.54, 1.807) is 16.7 Å². The highest BCUT2D eigenvalue weighted by atomic mass is 35.5. The van der Waals surface area contributed by atoms with Crippen LogP contribution in [0, 0.1) is 0 Å². The molecule has 0 heterocycles. The van der Waals surface area contributed by atoms with Crippen LogP contribution in [-0.2, 0) is 19.3 Å². The Bertz CT molecular complexity index is 493. The lowest BCUT2D eigenvalue weighted by Gasteiger charge is -2.11. The molecular weight excluding hydrogens is 503 g/mol. The number of benzene rings is 1. The zero-order valence-electron chi connectivity index (χ0n) is 23.5. The minimum Gasteiger partial charge on any atom is -0.127 e. The second-order valence-corrected chi connectivity index (χ2v) is 12.0. The summed E-state index contributed by atoms with van der Waals surface area (Å²) in [6.07, 6.45) is 31.6. The number of halogens is 3. The Balaban J connectivity index is 2.40. The first-order valence-corrected chi connectivity index (χ1v) is 17.2. The first-order valence-electron chi connectivity index (χ1n) is 15.6. The van der Waals surface area contributed by atoms with Crippen LogP contribution < -0.4 is 0 Å². The summed E-state index contributed by atoms with van der Waals surface area (Å²) in [7, 11) is 0. The van der Waals surface area contributed by atoms with Gasteiger partial charge >= 0.3 is 0 Å². The summed E-state index contributed by atoms with van der Waals surface area (Å²) in [4.78, 5) is 0. The van der Waals surface area contributed by atoms with Crippen molar-refractivity contribution in [2.75, 3.05) is 17.6 Å². The van der Waals surface area contributed by atoms with Crippen molar-refractivity contribution in [2.45, 2.75) is 154 Å². The summed E-state index contributed by atoms with van der Waals surface area (Å²) in [6, 6.07) is 7.59. The van der Waals surface area contributed by atoms with E-state index < -0.39 is 0 Å². The number of hydrogen-bond donors (Lipinski definition) is 0. The maximum absolute atomic E-state index is 5.79. The van der Waals surface area contributed by atoms with E-state index in [0.717, 1.165) is 17.6 Å². The Labute approximate surface area is 240 Å². The van der Waals surface area contributed by atoms with Gasteiger partial charge in [-0.25, -0.2) is 0 Å². The number of alkyl halides is 3. The summed E-state index contributed by atoms with van der Waals surface area (Å²) in [5.41, 5.74) is 4.77. The SMILES string of the molecule is ClCCCCCCCCCc1cc(CCCCCCCCCCl)cc(CCCCCCCCCCl)c1.